The smallest absolute Gasteiger partial charge is 0.258 e. The van der Waals surface area contributed by atoms with Crippen LogP contribution in [0.4, 0.5) is 5.69 Å². The number of halogens is 1. The van der Waals surface area contributed by atoms with Crippen LogP contribution < -0.4 is 4.90 Å². The maximum atomic E-state index is 12.7. The normalized spacial score (nSPS) is 10.3. The molecule has 0 aliphatic carbocycles. The van der Waals surface area contributed by atoms with E-state index < -0.39 is 0 Å². The summed E-state index contributed by atoms with van der Waals surface area (Å²) in [6, 6.07) is 15.8. The molecule has 2 aromatic carbocycles. The Kier molecular flexibility index (Phi) is 5.17. The molecule has 0 aromatic heterocycles. The molecule has 20 heavy (non-hydrogen) atoms. The third-order valence-electron chi connectivity index (χ3n) is 3.08. The van der Waals surface area contributed by atoms with Crippen LogP contribution in [0, 0.1) is 10.5 Å². The number of aryl methyl sites for hydroxylation is 1. The first-order chi connectivity index (χ1) is 9.61. The summed E-state index contributed by atoms with van der Waals surface area (Å²) in [7, 11) is 0. The molecule has 0 fully saturated rings. The fourth-order valence-electron chi connectivity index (χ4n) is 2.14. The number of nitrogens with zero attached hydrogens (tertiary/aromatic N) is 1. The van der Waals surface area contributed by atoms with Gasteiger partial charge >= 0.3 is 0 Å². The zero-order chi connectivity index (χ0) is 14.5. The maximum absolute atomic E-state index is 12.7. The summed E-state index contributed by atoms with van der Waals surface area (Å²) >= 11 is 2.23. The van der Waals surface area contributed by atoms with Crippen molar-refractivity contribution >= 4 is 34.2 Å². The van der Waals surface area contributed by atoms with Crippen molar-refractivity contribution in [3.8, 4) is 0 Å². The van der Waals surface area contributed by atoms with Gasteiger partial charge in [-0.15, -0.1) is 0 Å². The molecule has 0 aliphatic rings. The first-order valence-electron chi connectivity index (χ1n) is 6.76. The van der Waals surface area contributed by atoms with Crippen LogP contribution in [0.1, 0.15) is 29.3 Å². The molecule has 2 aromatic rings. The molecule has 2 nitrogen and oxygen atoms in total. The molecule has 3 heteroatoms. The Balaban J connectivity index is 2.35. The van der Waals surface area contributed by atoms with Crippen LogP contribution in [0.2, 0.25) is 0 Å². The highest BCUT2D eigenvalue weighted by Crippen LogP contribution is 2.20. The molecule has 0 spiro atoms. The Hall–Kier alpha value is -1.36. The van der Waals surface area contributed by atoms with Gasteiger partial charge in [0, 0.05) is 21.4 Å². The van der Waals surface area contributed by atoms with E-state index in [-0.39, 0.29) is 5.91 Å². The molecular weight excluding hydrogens is 361 g/mol. The van der Waals surface area contributed by atoms with Gasteiger partial charge in [-0.25, -0.2) is 0 Å². The molecule has 0 heterocycles. The van der Waals surface area contributed by atoms with E-state index in [4.69, 9.17) is 0 Å². The second-order valence-electron chi connectivity index (χ2n) is 4.81. The van der Waals surface area contributed by atoms with Gasteiger partial charge in [0.15, 0.2) is 0 Å². The second kappa shape index (κ2) is 6.88. The molecule has 0 bridgehead atoms. The van der Waals surface area contributed by atoms with Gasteiger partial charge in [0.05, 0.1) is 0 Å². The summed E-state index contributed by atoms with van der Waals surface area (Å²) in [5.41, 5.74) is 2.88. The SMILES string of the molecule is CCCN(C(=O)c1cccc(I)c1)c1cccc(C)c1. The lowest BCUT2D eigenvalue weighted by molar-refractivity contribution is 0.0987. The minimum Gasteiger partial charge on any atom is -0.308 e. The number of amides is 1. The number of hydrogen-bond donors (Lipinski definition) is 0. The largest absolute Gasteiger partial charge is 0.308 e. The van der Waals surface area contributed by atoms with Crippen molar-refractivity contribution in [1.82, 2.24) is 0 Å². The number of carbonyl (C=O) groups excluding carboxylic acids is 1. The molecule has 0 radical (unpaired) electrons. The highest BCUT2D eigenvalue weighted by molar-refractivity contribution is 14.1. The number of anilines is 1. The summed E-state index contributed by atoms with van der Waals surface area (Å²) in [5.74, 6) is 0.0657. The molecule has 0 atom stereocenters. The fourth-order valence-corrected chi connectivity index (χ4v) is 2.69. The van der Waals surface area contributed by atoms with E-state index in [1.165, 1.54) is 5.56 Å². The zero-order valence-corrected chi connectivity index (χ0v) is 13.9. The van der Waals surface area contributed by atoms with Crippen LogP contribution in [0.3, 0.4) is 0 Å². The maximum Gasteiger partial charge on any atom is 0.258 e. The molecule has 0 saturated carbocycles. The van der Waals surface area contributed by atoms with Gasteiger partial charge in [0.1, 0.15) is 0 Å². The van der Waals surface area contributed by atoms with Crippen LogP contribution in [-0.2, 0) is 0 Å². The predicted octanol–water partition coefficient (Wildman–Crippen LogP) is 4.66. The predicted molar refractivity (Wildman–Crippen MR) is 92.3 cm³/mol. The number of benzene rings is 2. The van der Waals surface area contributed by atoms with Crippen molar-refractivity contribution in [3.05, 3.63) is 63.2 Å². The second-order valence-corrected chi connectivity index (χ2v) is 6.05. The highest BCUT2D eigenvalue weighted by atomic mass is 127. The first kappa shape index (κ1) is 15.0. The lowest BCUT2D eigenvalue weighted by Gasteiger charge is -2.23. The molecule has 1 amide bonds. The summed E-state index contributed by atoms with van der Waals surface area (Å²) in [6.07, 6.45) is 0.934. The van der Waals surface area contributed by atoms with Gasteiger partial charge in [-0.05, 0) is 71.8 Å². The molecule has 2 rings (SSSR count). The summed E-state index contributed by atoms with van der Waals surface area (Å²) in [5, 5.41) is 0. The van der Waals surface area contributed by atoms with Crippen LogP contribution >= 0.6 is 22.6 Å². The third-order valence-corrected chi connectivity index (χ3v) is 3.75. The van der Waals surface area contributed by atoms with E-state index in [1.807, 2.05) is 54.3 Å². The van der Waals surface area contributed by atoms with Gasteiger partial charge in [-0.2, -0.15) is 0 Å². The van der Waals surface area contributed by atoms with E-state index in [0.717, 1.165) is 27.8 Å². The average molecular weight is 379 g/mol. The monoisotopic (exact) mass is 379 g/mol. The summed E-state index contributed by atoms with van der Waals surface area (Å²) in [4.78, 5) is 14.6. The van der Waals surface area contributed by atoms with Crippen LogP contribution in [0.25, 0.3) is 0 Å². The summed E-state index contributed by atoms with van der Waals surface area (Å²) < 4.78 is 1.08. The molecule has 0 unspecified atom stereocenters. The molecule has 0 N–H and O–H groups in total. The molecule has 0 saturated heterocycles. The van der Waals surface area contributed by atoms with E-state index >= 15 is 0 Å². The van der Waals surface area contributed by atoms with E-state index in [0.29, 0.717) is 0 Å². The first-order valence-corrected chi connectivity index (χ1v) is 7.84. The third kappa shape index (κ3) is 3.60. The number of rotatable bonds is 4. The minimum atomic E-state index is 0.0657. The van der Waals surface area contributed by atoms with Crippen molar-refractivity contribution in [2.75, 3.05) is 11.4 Å². The highest BCUT2D eigenvalue weighted by Gasteiger charge is 2.17. The van der Waals surface area contributed by atoms with Crippen molar-refractivity contribution in [2.24, 2.45) is 0 Å². The lowest BCUT2D eigenvalue weighted by Crippen LogP contribution is -2.31. The molecule has 104 valence electrons. The van der Waals surface area contributed by atoms with E-state index in [2.05, 4.69) is 35.6 Å². The Morgan fingerprint density at radius 3 is 2.55 bits per heavy atom. The van der Waals surface area contributed by atoms with Crippen molar-refractivity contribution in [1.29, 1.82) is 0 Å². The van der Waals surface area contributed by atoms with Crippen molar-refractivity contribution in [2.45, 2.75) is 20.3 Å². The quantitative estimate of drug-likeness (QED) is 0.708. The van der Waals surface area contributed by atoms with Gasteiger partial charge in [0.2, 0.25) is 0 Å². The summed E-state index contributed by atoms with van der Waals surface area (Å²) in [6.45, 7) is 4.86. The van der Waals surface area contributed by atoms with Crippen LogP contribution in [-0.4, -0.2) is 12.5 Å². The van der Waals surface area contributed by atoms with E-state index in [1.54, 1.807) is 0 Å². The van der Waals surface area contributed by atoms with Crippen LogP contribution in [0.5, 0.6) is 0 Å². The van der Waals surface area contributed by atoms with Crippen molar-refractivity contribution in [3.63, 3.8) is 0 Å². The topological polar surface area (TPSA) is 20.3 Å². The number of carbonyl (C=O) groups is 1. The van der Waals surface area contributed by atoms with Gasteiger partial charge in [-0.1, -0.05) is 25.1 Å². The standard InChI is InChI=1S/C17H18INO/c1-3-10-19(16-9-4-6-13(2)11-16)17(20)14-7-5-8-15(18)12-14/h4-9,11-12H,3,10H2,1-2H3. The van der Waals surface area contributed by atoms with Gasteiger partial charge < -0.3 is 4.90 Å². The molecule has 0 aliphatic heterocycles. The Morgan fingerprint density at radius 1 is 1.15 bits per heavy atom. The van der Waals surface area contributed by atoms with Crippen molar-refractivity contribution < 1.29 is 4.79 Å². The van der Waals surface area contributed by atoms with Gasteiger partial charge in [-0.3, -0.25) is 4.79 Å². The zero-order valence-electron chi connectivity index (χ0n) is 11.8. The lowest BCUT2D eigenvalue weighted by atomic mass is 10.1. The van der Waals surface area contributed by atoms with Crippen LogP contribution in [0.15, 0.2) is 48.5 Å². The Bertz CT molecular complexity index is 609. The molecular formula is C17H18INO. The fraction of sp³-hybridized carbons (Fsp3) is 0.235. The number of hydrogen-bond acceptors (Lipinski definition) is 1. The minimum absolute atomic E-state index is 0.0657. The van der Waals surface area contributed by atoms with Gasteiger partial charge in [0.25, 0.3) is 5.91 Å². The Morgan fingerprint density at radius 2 is 1.90 bits per heavy atom. The van der Waals surface area contributed by atoms with E-state index in [9.17, 15) is 4.79 Å². The average Bonchev–Trinajstić information content (AvgIpc) is 2.44. The Labute approximate surface area is 133 Å².